The van der Waals surface area contributed by atoms with Crippen molar-refractivity contribution in [2.24, 2.45) is 0 Å². The SMILES string of the molecule is C#CCNc1ccc(P(C)(C)=O)nc1. The Morgan fingerprint density at radius 1 is 1.57 bits per heavy atom. The van der Waals surface area contributed by atoms with Gasteiger partial charge < -0.3 is 9.88 Å². The fourth-order valence-electron chi connectivity index (χ4n) is 0.962. The zero-order valence-electron chi connectivity index (χ0n) is 8.32. The van der Waals surface area contributed by atoms with Crippen LogP contribution in [-0.4, -0.2) is 24.9 Å². The highest BCUT2D eigenvalue weighted by atomic mass is 31.2. The molecule has 0 atom stereocenters. The van der Waals surface area contributed by atoms with Crippen LogP contribution in [0.5, 0.6) is 0 Å². The summed E-state index contributed by atoms with van der Waals surface area (Å²) in [5.74, 6) is 2.47. The summed E-state index contributed by atoms with van der Waals surface area (Å²) in [6.07, 6.45) is 6.74. The molecule has 1 heterocycles. The van der Waals surface area contributed by atoms with E-state index >= 15 is 0 Å². The van der Waals surface area contributed by atoms with Crippen LogP contribution in [-0.2, 0) is 4.57 Å². The predicted octanol–water partition coefficient (Wildman–Crippen LogP) is 1.37. The molecule has 0 fully saturated rings. The van der Waals surface area contributed by atoms with E-state index in [-0.39, 0.29) is 0 Å². The Morgan fingerprint density at radius 2 is 2.29 bits per heavy atom. The highest BCUT2D eigenvalue weighted by molar-refractivity contribution is 7.69. The van der Waals surface area contributed by atoms with Crippen molar-refractivity contribution in [2.75, 3.05) is 25.2 Å². The topological polar surface area (TPSA) is 42.0 Å². The Balaban J connectivity index is 2.80. The molecule has 0 aromatic carbocycles. The van der Waals surface area contributed by atoms with E-state index in [2.05, 4.69) is 16.2 Å². The molecule has 0 unspecified atom stereocenters. The van der Waals surface area contributed by atoms with Crippen molar-refractivity contribution in [3.63, 3.8) is 0 Å². The van der Waals surface area contributed by atoms with E-state index in [0.29, 0.717) is 12.0 Å². The van der Waals surface area contributed by atoms with E-state index in [1.165, 1.54) is 0 Å². The first-order valence-corrected chi connectivity index (χ1v) is 6.83. The smallest absolute Gasteiger partial charge is 0.127 e. The molecule has 1 aromatic heterocycles. The van der Waals surface area contributed by atoms with Gasteiger partial charge in [0.15, 0.2) is 0 Å². The monoisotopic (exact) mass is 208 g/mol. The average molecular weight is 208 g/mol. The first-order valence-electron chi connectivity index (χ1n) is 4.23. The van der Waals surface area contributed by atoms with Gasteiger partial charge in [0.25, 0.3) is 0 Å². The molecule has 0 radical (unpaired) electrons. The summed E-state index contributed by atoms with van der Waals surface area (Å²) in [5, 5.41) is 2.98. The number of terminal acetylenes is 1. The van der Waals surface area contributed by atoms with Crippen molar-refractivity contribution >= 4 is 18.3 Å². The molecule has 0 bridgehead atoms. The average Bonchev–Trinajstić information content (AvgIpc) is 2.14. The number of aromatic nitrogens is 1. The zero-order valence-corrected chi connectivity index (χ0v) is 9.21. The van der Waals surface area contributed by atoms with E-state index in [4.69, 9.17) is 6.42 Å². The normalized spacial score (nSPS) is 10.6. The molecule has 0 aliphatic carbocycles. The Morgan fingerprint density at radius 3 is 2.71 bits per heavy atom. The van der Waals surface area contributed by atoms with Crippen LogP contribution in [0.1, 0.15) is 0 Å². The number of nitrogens with one attached hydrogen (secondary N) is 1. The van der Waals surface area contributed by atoms with Gasteiger partial charge in [-0.05, 0) is 25.5 Å². The van der Waals surface area contributed by atoms with E-state index in [1.807, 2.05) is 6.07 Å². The van der Waals surface area contributed by atoms with E-state index < -0.39 is 7.14 Å². The lowest BCUT2D eigenvalue weighted by Gasteiger charge is -2.07. The number of pyridine rings is 1. The van der Waals surface area contributed by atoms with Gasteiger partial charge in [0.05, 0.1) is 23.9 Å². The molecule has 0 saturated heterocycles. The van der Waals surface area contributed by atoms with Gasteiger partial charge in [-0.1, -0.05) is 5.92 Å². The van der Waals surface area contributed by atoms with Crippen molar-refractivity contribution in [3.05, 3.63) is 18.3 Å². The van der Waals surface area contributed by atoms with Crippen LogP contribution < -0.4 is 10.8 Å². The lowest BCUT2D eigenvalue weighted by Crippen LogP contribution is -2.08. The summed E-state index contributed by atoms with van der Waals surface area (Å²) in [6.45, 7) is 3.87. The lowest BCUT2D eigenvalue weighted by molar-refractivity contribution is 0.588. The zero-order chi connectivity index (χ0) is 10.6. The first kappa shape index (κ1) is 10.8. The van der Waals surface area contributed by atoms with Gasteiger partial charge in [0.2, 0.25) is 0 Å². The standard InChI is InChI=1S/C10H13N2OP/c1-4-7-11-9-5-6-10(12-8-9)14(2,3)13/h1,5-6,8,11H,7H2,2-3H3. The quantitative estimate of drug-likeness (QED) is 0.602. The van der Waals surface area contributed by atoms with Crippen LogP contribution >= 0.6 is 7.14 Å². The number of hydrogen-bond acceptors (Lipinski definition) is 3. The molecular formula is C10H13N2OP. The van der Waals surface area contributed by atoms with Crippen molar-refractivity contribution in [3.8, 4) is 12.3 Å². The fourth-order valence-corrected chi connectivity index (χ4v) is 1.73. The third-order valence-corrected chi connectivity index (χ3v) is 3.06. The van der Waals surface area contributed by atoms with Crippen LogP contribution in [0.15, 0.2) is 18.3 Å². The number of anilines is 1. The van der Waals surface area contributed by atoms with Crippen LogP contribution in [0, 0.1) is 12.3 Å². The molecular weight excluding hydrogens is 195 g/mol. The molecule has 0 aliphatic rings. The molecule has 14 heavy (non-hydrogen) atoms. The minimum atomic E-state index is -2.24. The third kappa shape index (κ3) is 2.90. The summed E-state index contributed by atoms with van der Waals surface area (Å²) in [6, 6.07) is 3.60. The largest absolute Gasteiger partial charge is 0.373 e. The minimum Gasteiger partial charge on any atom is -0.373 e. The lowest BCUT2D eigenvalue weighted by atomic mass is 10.4. The molecule has 4 heteroatoms. The van der Waals surface area contributed by atoms with E-state index in [0.717, 1.165) is 5.69 Å². The second-order valence-electron chi connectivity index (χ2n) is 3.31. The molecule has 1 rings (SSSR count). The van der Waals surface area contributed by atoms with Gasteiger partial charge in [0.1, 0.15) is 7.14 Å². The second kappa shape index (κ2) is 4.30. The van der Waals surface area contributed by atoms with Crippen molar-refractivity contribution in [2.45, 2.75) is 0 Å². The van der Waals surface area contributed by atoms with Gasteiger partial charge in [-0.25, -0.2) is 0 Å². The third-order valence-electron chi connectivity index (χ3n) is 1.69. The van der Waals surface area contributed by atoms with Crippen LogP contribution in [0.25, 0.3) is 0 Å². The van der Waals surface area contributed by atoms with Gasteiger partial charge in [-0.15, -0.1) is 6.42 Å². The summed E-state index contributed by atoms with van der Waals surface area (Å²) in [5.41, 5.74) is 1.49. The highest BCUT2D eigenvalue weighted by Crippen LogP contribution is 2.33. The van der Waals surface area contributed by atoms with Crippen LogP contribution in [0.4, 0.5) is 5.69 Å². The Hall–Kier alpha value is -1.26. The maximum atomic E-state index is 11.6. The van der Waals surface area contributed by atoms with Crippen molar-refractivity contribution in [1.82, 2.24) is 4.98 Å². The fraction of sp³-hybridized carbons (Fsp3) is 0.300. The summed E-state index contributed by atoms with van der Waals surface area (Å²) in [4.78, 5) is 4.11. The second-order valence-corrected chi connectivity index (χ2v) is 6.47. The summed E-state index contributed by atoms with van der Waals surface area (Å²) < 4.78 is 11.6. The molecule has 1 N–H and O–H groups in total. The molecule has 0 spiro atoms. The number of nitrogens with zero attached hydrogens (tertiary/aromatic N) is 1. The molecule has 3 nitrogen and oxygen atoms in total. The van der Waals surface area contributed by atoms with E-state index in [9.17, 15) is 4.57 Å². The maximum absolute atomic E-state index is 11.6. The highest BCUT2D eigenvalue weighted by Gasteiger charge is 2.11. The Kier molecular flexibility index (Phi) is 3.33. The molecule has 74 valence electrons. The Bertz CT molecular complexity index is 386. The van der Waals surface area contributed by atoms with Gasteiger partial charge in [-0.2, -0.15) is 0 Å². The first-order chi connectivity index (χ1) is 6.54. The minimum absolute atomic E-state index is 0.469. The molecule has 0 aliphatic heterocycles. The summed E-state index contributed by atoms with van der Waals surface area (Å²) in [7, 11) is -2.24. The van der Waals surface area contributed by atoms with Gasteiger partial charge in [0, 0.05) is 0 Å². The van der Waals surface area contributed by atoms with Gasteiger partial charge in [-0.3, -0.25) is 4.98 Å². The number of rotatable bonds is 3. The summed E-state index contributed by atoms with van der Waals surface area (Å²) >= 11 is 0. The number of hydrogen-bond donors (Lipinski definition) is 1. The van der Waals surface area contributed by atoms with Crippen molar-refractivity contribution < 1.29 is 4.57 Å². The Labute approximate surface area is 84.3 Å². The van der Waals surface area contributed by atoms with Crippen LogP contribution in [0.2, 0.25) is 0 Å². The maximum Gasteiger partial charge on any atom is 0.127 e. The molecule has 0 amide bonds. The van der Waals surface area contributed by atoms with E-state index in [1.54, 1.807) is 25.6 Å². The van der Waals surface area contributed by atoms with Gasteiger partial charge >= 0.3 is 0 Å². The molecule has 1 aromatic rings. The van der Waals surface area contributed by atoms with Crippen molar-refractivity contribution in [1.29, 1.82) is 0 Å². The van der Waals surface area contributed by atoms with Crippen LogP contribution in [0.3, 0.4) is 0 Å². The predicted molar refractivity (Wildman–Crippen MR) is 60.6 cm³/mol. The molecule has 0 saturated carbocycles.